The van der Waals surface area contributed by atoms with Crippen LogP contribution >= 0.6 is 0 Å². The lowest BCUT2D eigenvalue weighted by Gasteiger charge is -2.39. The molecule has 174 valence electrons. The summed E-state index contributed by atoms with van der Waals surface area (Å²) in [6.45, 7) is 5.33. The number of carbonyl (C=O) groups excluding carboxylic acids is 3. The number of nitrogens with one attached hydrogen (secondary N) is 1. The first-order chi connectivity index (χ1) is 16.0. The van der Waals surface area contributed by atoms with Crippen LogP contribution in [0.5, 0.6) is 0 Å². The Balaban J connectivity index is 1.53. The largest absolute Gasteiger partial charge is 0.462 e. The highest BCUT2D eigenvalue weighted by Crippen LogP contribution is 2.38. The lowest BCUT2D eigenvalue weighted by molar-refractivity contribution is 0.0494. The Morgan fingerprint density at radius 1 is 0.970 bits per heavy atom. The zero-order valence-corrected chi connectivity index (χ0v) is 19.0. The van der Waals surface area contributed by atoms with E-state index in [1.165, 1.54) is 0 Å². The van der Waals surface area contributed by atoms with Crippen LogP contribution < -0.4 is 5.32 Å². The second-order valence-corrected chi connectivity index (χ2v) is 8.06. The molecule has 4 rings (SSSR count). The van der Waals surface area contributed by atoms with Crippen molar-refractivity contribution in [3.63, 3.8) is 0 Å². The van der Waals surface area contributed by atoms with Crippen molar-refractivity contribution in [2.75, 3.05) is 31.6 Å². The quantitative estimate of drug-likeness (QED) is 0.667. The molecule has 0 spiro atoms. The molecule has 1 unspecified atom stereocenters. The van der Waals surface area contributed by atoms with Crippen LogP contribution in [-0.2, 0) is 9.47 Å². The highest BCUT2D eigenvalue weighted by Gasteiger charge is 2.42. The van der Waals surface area contributed by atoms with Gasteiger partial charge in [0.05, 0.1) is 18.8 Å². The fraction of sp³-hybridized carbons (Fsp3) is 0.400. The summed E-state index contributed by atoms with van der Waals surface area (Å²) in [7, 11) is 0. The first kappa shape index (κ1) is 22.6. The second-order valence-electron chi connectivity index (χ2n) is 8.06. The van der Waals surface area contributed by atoms with Gasteiger partial charge in [-0.25, -0.2) is 9.59 Å². The van der Waals surface area contributed by atoms with Gasteiger partial charge in [0.2, 0.25) is 0 Å². The van der Waals surface area contributed by atoms with E-state index < -0.39 is 0 Å². The van der Waals surface area contributed by atoms with Crippen LogP contribution in [0, 0.1) is 0 Å². The molecular weight excluding hydrogens is 422 g/mol. The predicted molar refractivity (Wildman–Crippen MR) is 123 cm³/mol. The van der Waals surface area contributed by atoms with Gasteiger partial charge in [0.1, 0.15) is 6.17 Å². The molecule has 0 saturated carbocycles. The van der Waals surface area contributed by atoms with Crippen molar-refractivity contribution in [2.45, 2.75) is 38.9 Å². The van der Waals surface area contributed by atoms with Gasteiger partial charge < -0.3 is 24.6 Å². The summed E-state index contributed by atoms with van der Waals surface area (Å²) in [5, 5.41) is 3.48. The van der Waals surface area contributed by atoms with Gasteiger partial charge in [-0.15, -0.1) is 0 Å². The summed E-state index contributed by atoms with van der Waals surface area (Å²) in [4.78, 5) is 41.0. The van der Waals surface area contributed by atoms with Gasteiger partial charge in [0.25, 0.3) is 5.91 Å². The number of amides is 2. The molecule has 0 radical (unpaired) electrons. The minimum Gasteiger partial charge on any atom is -0.462 e. The summed E-state index contributed by atoms with van der Waals surface area (Å²) in [6, 6.07) is 14.7. The molecule has 1 saturated heterocycles. The van der Waals surface area contributed by atoms with Crippen LogP contribution in [0.15, 0.2) is 48.5 Å². The van der Waals surface area contributed by atoms with Crippen molar-refractivity contribution in [1.29, 1.82) is 0 Å². The first-order valence-electron chi connectivity index (χ1n) is 11.4. The van der Waals surface area contributed by atoms with E-state index in [0.29, 0.717) is 50.3 Å². The van der Waals surface area contributed by atoms with E-state index in [0.717, 1.165) is 11.3 Å². The number of esters is 1. The van der Waals surface area contributed by atoms with Gasteiger partial charge in [0.15, 0.2) is 0 Å². The summed E-state index contributed by atoms with van der Waals surface area (Å²) >= 11 is 0. The summed E-state index contributed by atoms with van der Waals surface area (Å²) in [5.41, 5.74) is 2.88. The minimum absolute atomic E-state index is 0.00752. The van der Waals surface area contributed by atoms with Crippen LogP contribution in [0.4, 0.5) is 10.5 Å². The van der Waals surface area contributed by atoms with Gasteiger partial charge in [-0.05, 0) is 57.0 Å². The molecule has 33 heavy (non-hydrogen) atoms. The predicted octanol–water partition coefficient (Wildman–Crippen LogP) is 4.05. The van der Waals surface area contributed by atoms with E-state index >= 15 is 0 Å². The Kier molecular flexibility index (Phi) is 6.82. The fourth-order valence-corrected chi connectivity index (χ4v) is 4.48. The molecule has 2 aliphatic heterocycles. The number of nitrogens with zero attached hydrogens (tertiary/aromatic N) is 2. The average Bonchev–Trinajstić information content (AvgIpc) is 3.11. The number of carbonyl (C=O) groups is 3. The maximum Gasteiger partial charge on any atom is 0.409 e. The molecule has 2 heterocycles. The normalized spacial score (nSPS) is 18.1. The van der Waals surface area contributed by atoms with Gasteiger partial charge >= 0.3 is 12.1 Å². The summed E-state index contributed by atoms with van der Waals surface area (Å²) < 4.78 is 10.2. The monoisotopic (exact) mass is 451 g/mol. The first-order valence-corrected chi connectivity index (χ1v) is 11.4. The number of benzene rings is 2. The fourth-order valence-electron chi connectivity index (χ4n) is 4.48. The smallest absolute Gasteiger partial charge is 0.409 e. The van der Waals surface area contributed by atoms with Crippen LogP contribution in [0.3, 0.4) is 0 Å². The molecule has 1 atom stereocenters. The number of hydrogen-bond acceptors (Lipinski definition) is 6. The Morgan fingerprint density at radius 3 is 2.30 bits per heavy atom. The minimum atomic E-state index is -0.361. The summed E-state index contributed by atoms with van der Waals surface area (Å²) in [5.74, 6) is -0.374. The second kappa shape index (κ2) is 9.94. The molecule has 1 N–H and O–H groups in total. The van der Waals surface area contributed by atoms with Crippen molar-refractivity contribution < 1.29 is 23.9 Å². The molecule has 1 fully saturated rings. The number of piperidine rings is 1. The van der Waals surface area contributed by atoms with Crippen molar-refractivity contribution >= 4 is 23.7 Å². The Bertz CT molecular complexity index is 1010. The highest BCUT2D eigenvalue weighted by molar-refractivity contribution is 5.99. The van der Waals surface area contributed by atoms with E-state index in [9.17, 15) is 14.4 Å². The van der Waals surface area contributed by atoms with Gasteiger partial charge in [0, 0.05) is 35.9 Å². The van der Waals surface area contributed by atoms with Crippen LogP contribution in [0.25, 0.3) is 0 Å². The van der Waals surface area contributed by atoms with E-state index in [2.05, 4.69) is 5.32 Å². The molecular formula is C25H29N3O5. The van der Waals surface area contributed by atoms with Crippen LogP contribution in [0.2, 0.25) is 0 Å². The van der Waals surface area contributed by atoms with Crippen molar-refractivity contribution in [3.8, 4) is 0 Å². The number of rotatable bonds is 6. The molecule has 2 amide bonds. The van der Waals surface area contributed by atoms with E-state index in [-0.39, 0.29) is 30.2 Å². The lowest BCUT2D eigenvalue weighted by Crippen LogP contribution is -2.49. The molecule has 0 aliphatic carbocycles. The Hall–Kier alpha value is -3.55. The van der Waals surface area contributed by atoms with Gasteiger partial charge in [-0.1, -0.05) is 18.2 Å². The zero-order valence-electron chi connectivity index (χ0n) is 19.0. The number of ether oxygens (including phenoxy) is 2. The SMILES string of the molecule is CCOC(=O)c1ccc(NC2c3ccccc3C(=O)N2C2CCN(C(=O)OCC)CC2)cc1. The number of fused-ring (bicyclic) bond motifs is 1. The molecule has 8 nitrogen and oxygen atoms in total. The maximum absolute atomic E-state index is 13.3. The number of anilines is 1. The number of likely N-dealkylation sites (tertiary alicyclic amines) is 1. The van der Waals surface area contributed by atoms with E-state index in [1.807, 2.05) is 41.3 Å². The number of hydrogen-bond donors (Lipinski definition) is 1. The van der Waals surface area contributed by atoms with Crippen molar-refractivity contribution in [3.05, 3.63) is 65.2 Å². The molecule has 0 bridgehead atoms. The standard InChI is InChI=1S/C25H29N3O5/c1-3-32-24(30)17-9-11-18(12-10-17)26-22-20-7-5-6-8-21(20)23(29)28(22)19-13-15-27(16-14-19)25(31)33-4-2/h5-12,19,22,26H,3-4,13-16H2,1-2H3. The van der Waals surface area contributed by atoms with Crippen LogP contribution in [0.1, 0.15) is 59.1 Å². The van der Waals surface area contributed by atoms with E-state index in [1.54, 1.807) is 30.9 Å². The molecule has 2 aromatic rings. The summed E-state index contributed by atoms with van der Waals surface area (Å²) in [6.07, 6.45) is 0.724. The molecule has 2 aliphatic rings. The van der Waals surface area contributed by atoms with Crippen molar-refractivity contribution in [2.24, 2.45) is 0 Å². The third-order valence-electron chi connectivity index (χ3n) is 6.08. The third kappa shape index (κ3) is 4.65. The third-order valence-corrected chi connectivity index (χ3v) is 6.08. The van der Waals surface area contributed by atoms with Crippen LogP contribution in [-0.4, -0.2) is 60.1 Å². The topological polar surface area (TPSA) is 88.2 Å². The highest BCUT2D eigenvalue weighted by atomic mass is 16.6. The molecule has 2 aromatic carbocycles. The van der Waals surface area contributed by atoms with Gasteiger partial charge in [-0.2, -0.15) is 0 Å². The Morgan fingerprint density at radius 2 is 1.64 bits per heavy atom. The maximum atomic E-state index is 13.3. The average molecular weight is 452 g/mol. The van der Waals surface area contributed by atoms with E-state index in [4.69, 9.17) is 9.47 Å². The molecule has 0 aromatic heterocycles. The zero-order chi connectivity index (χ0) is 23.4. The lowest BCUT2D eigenvalue weighted by atomic mass is 10.0. The van der Waals surface area contributed by atoms with Crippen molar-refractivity contribution in [1.82, 2.24) is 9.80 Å². The van der Waals surface area contributed by atoms with Gasteiger partial charge in [-0.3, -0.25) is 4.79 Å². The Labute approximate surface area is 193 Å². The molecule has 8 heteroatoms.